The van der Waals surface area contributed by atoms with Gasteiger partial charge in [0.15, 0.2) is 0 Å². The molecule has 0 spiro atoms. The van der Waals surface area contributed by atoms with Gasteiger partial charge in [0.1, 0.15) is 5.75 Å². The highest BCUT2D eigenvalue weighted by Crippen LogP contribution is 2.38. The number of rotatable bonds is 4. The summed E-state index contributed by atoms with van der Waals surface area (Å²) in [6.45, 7) is 0. The van der Waals surface area contributed by atoms with Crippen LogP contribution in [0.5, 0.6) is 5.75 Å². The topological polar surface area (TPSA) is 59.0 Å². The summed E-state index contributed by atoms with van der Waals surface area (Å²) < 4.78 is 32.0. The van der Waals surface area contributed by atoms with Gasteiger partial charge in [-0.3, -0.25) is 0 Å². The van der Waals surface area contributed by atoms with Gasteiger partial charge < -0.3 is 4.74 Å². The van der Waals surface area contributed by atoms with Crippen LogP contribution < -0.4 is 4.74 Å². The van der Waals surface area contributed by atoms with E-state index in [-0.39, 0.29) is 0 Å². The third-order valence-electron chi connectivity index (χ3n) is 3.89. The van der Waals surface area contributed by atoms with E-state index in [0.29, 0.717) is 12.2 Å². The zero-order valence-electron chi connectivity index (χ0n) is 13.3. The molecule has 0 fully saturated rings. The van der Waals surface area contributed by atoms with Crippen molar-refractivity contribution in [2.75, 3.05) is 13.4 Å². The molecule has 0 N–H and O–H groups in total. The molecule has 24 heavy (non-hydrogen) atoms. The van der Waals surface area contributed by atoms with Gasteiger partial charge in [0, 0.05) is 16.5 Å². The van der Waals surface area contributed by atoms with Crippen LogP contribution in [0.3, 0.4) is 0 Å². The van der Waals surface area contributed by atoms with Crippen molar-refractivity contribution in [2.24, 2.45) is 5.10 Å². The Kier molecular flexibility index (Phi) is 4.64. The van der Waals surface area contributed by atoms with E-state index >= 15 is 0 Å². The third-order valence-corrected chi connectivity index (χ3v) is 5.43. The van der Waals surface area contributed by atoms with Gasteiger partial charge in [-0.25, -0.2) is 8.42 Å². The molecule has 7 heteroatoms. The maximum absolute atomic E-state index is 12.2. The molecule has 0 saturated carbocycles. The van der Waals surface area contributed by atoms with Crippen LogP contribution in [0.15, 0.2) is 58.1 Å². The standard InChI is InChI=1S/C17H17BrN2O3S/c1-23-17-6-4-3-5-14(17)16-11-15(19-20(16)24(2,21)22)12-7-9-13(18)10-8-12/h3-10,16H,11H2,1-2H3/t16-/m1/s1. The Morgan fingerprint density at radius 1 is 1.17 bits per heavy atom. The highest BCUT2D eigenvalue weighted by Gasteiger charge is 2.35. The van der Waals surface area contributed by atoms with Crippen molar-refractivity contribution in [2.45, 2.75) is 12.5 Å². The quantitative estimate of drug-likeness (QED) is 0.776. The number of hydrazone groups is 1. The molecule has 126 valence electrons. The summed E-state index contributed by atoms with van der Waals surface area (Å²) >= 11 is 3.40. The minimum atomic E-state index is -3.49. The van der Waals surface area contributed by atoms with Crippen LogP contribution in [0.4, 0.5) is 0 Å². The van der Waals surface area contributed by atoms with Gasteiger partial charge in [-0.05, 0) is 23.8 Å². The van der Waals surface area contributed by atoms with E-state index in [1.807, 2.05) is 48.5 Å². The zero-order chi connectivity index (χ0) is 17.3. The smallest absolute Gasteiger partial charge is 0.247 e. The fraction of sp³-hybridized carbons (Fsp3) is 0.235. The molecule has 2 aromatic carbocycles. The lowest BCUT2D eigenvalue weighted by atomic mass is 9.98. The number of benzene rings is 2. The molecule has 1 atom stereocenters. The van der Waals surface area contributed by atoms with Crippen molar-refractivity contribution in [3.05, 3.63) is 64.1 Å². The molecule has 3 rings (SSSR count). The number of nitrogens with zero attached hydrogens (tertiary/aromatic N) is 2. The number of halogens is 1. The summed E-state index contributed by atoms with van der Waals surface area (Å²) in [6, 6.07) is 14.7. The number of hydrogen-bond acceptors (Lipinski definition) is 4. The summed E-state index contributed by atoms with van der Waals surface area (Å²) in [5.41, 5.74) is 2.45. The first-order valence-electron chi connectivity index (χ1n) is 7.36. The van der Waals surface area contributed by atoms with E-state index in [9.17, 15) is 8.42 Å². The molecule has 0 radical (unpaired) electrons. The highest BCUT2D eigenvalue weighted by atomic mass is 79.9. The average Bonchev–Trinajstić information content (AvgIpc) is 3.01. The predicted molar refractivity (Wildman–Crippen MR) is 97.7 cm³/mol. The Morgan fingerprint density at radius 3 is 2.46 bits per heavy atom. The minimum Gasteiger partial charge on any atom is -0.496 e. The summed E-state index contributed by atoms with van der Waals surface area (Å²) in [7, 11) is -1.91. The van der Waals surface area contributed by atoms with Gasteiger partial charge in [-0.1, -0.05) is 46.3 Å². The van der Waals surface area contributed by atoms with Crippen LogP contribution in [-0.4, -0.2) is 31.9 Å². The zero-order valence-corrected chi connectivity index (χ0v) is 15.7. The van der Waals surface area contributed by atoms with Gasteiger partial charge >= 0.3 is 0 Å². The van der Waals surface area contributed by atoms with Crippen molar-refractivity contribution in [1.82, 2.24) is 4.41 Å². The molecule has 0 saturated heterocycles. The largest absolute Gasteiger partial charge is 0.496 e. The van der Waals surface area contributed by atoms with Gasteiger partial charge in [-0.2, -0.15) is 9.52 Å². The van der Waals surface area contributed by atoms with Gasteiger partial charge in [-0.15, -0.1) is 0 Å². The lowest BCUT2D eigenvalue weighted by Crippen LogP contribution is -2.26. The summed E-state index contributed by atoms with van der Waals surface area (Å²) in [4.78, 5) is 0. The molecule has 1 heterocycles. The van der Waals surface area contributed by atoms with Crippen LogP contribution in [-0.2, 0) is 10.0 Å². The van der Waals surface area contributed by atoms with Crippen molar-refractivity contribution < 1.29 is 13.2 Å². The number of methoxy groups -OCH3 is 1. The van der Waals surface area contributed by atoms with Crippen molar-refractivity contribution in [3.8, 4) is 5.75 Å². The third kappa shape index (κ3) is 3.32. The number of hydrogen-bond donors (Lipinski definition) is 0. The van der Waals surface area contributed by atoms with E-state index < -0.39 is 16.1 Å². The lowest BCUT2D eigenvalue weighted by Gasteiger charge is -2.23. The number of ether oxygens (including phenoxy) is 1. The fourth-order valence-corrected chi connectivity index (χ4v) is 3.95. The molecule has 0 aromatic heterocycles. The van der Waals surface area contributed by atoms with Crippen LogP contribution in [0, 0.1) is 0 Å². The molecule has 0 amide bonds. The Morgan fingerprint density at radius 2 is 1.83 bits per heavy atom. The molecule has 0 aliphatic carbocycles. The van der Waals surface area contributed by atoms with E-state index in [4.69, 9.17) is 4.74 Å². The first-order chi connectivity index (χ1) is 11.4. The molecule has 5 nitrogen and oxygen atoms in total. The van der Waals surface area contributed by atoms with Crippen LogP contribution >= 0.6 is 15.9 Å². The highest BCUT2D eigenvalue weighted by molar-refractivity contribution is 9.10. The summed E-state index contributed by atoms with van der Waals surface area (Å²) in [5.74, 6) is 0.656. The number of para-hydroxylation sites is 1. The van der Waals surface area contributed by atoms with Gasteiger partial charge in [0.2, 0.25) is 10.0 Å². The lowest BCUT2D eigenvalue weighted by molar-refractivity contribution is 0.352. The summed E-state index contributed by atoms with van der Waals surface area (Å²) in [6.07, 6.45) is 1.67. The molecule has 1 aliphatic heterocycles. The molecule has 0 bridgehead atoms. The maximum atomic E-state index is 12.2. The van der Waals surface area contributed by atoms with Crippen molar-refractivity contribution in [3.63, 3.8) is 0 Å². The second-order valence-electron chi connectivity index (χ2n) is 5.55. The van der Waals surface area contributed by atoms with Crippen LogP contribution in [0.2, 0.25) is 0 Å². The Bertz CT molecular complexity index is 879. The maximum Gasteiger partial charge on any atom is 0.247 e. The van der Waals surface area contributed by atoms with Gasteiger partial charge in [0.25, 0.3) is 0 Å². The van der Waals surface area contributed by atoms with E-state index in [1.54, 1.807) is 7.11 Å². The van der Waals surface area contributed by atoms with E-state index in [2.05, 4.69) is 21.0 Å². The Labute approximate surface area is 150 Å². The Balaban J connectivity index is 2.04. The second kappa shape index (κ2) is 6.57. The molecular weight excluding hydrogens is 392 g/mol. The average molecular weight is 409 g/mol. The summed E-state index contributed by atoms with van der Waals surface area (Å²) in [5, 5.41) is 4.38. The number of sulfonamides is 1. The normalized spacial score (nSPS) is 17.7. The fourth-order valence-electron chi connectivity index (χ4n) is 2.78. The Hall–Kier alpha value is -1.86. The first kappa shape index (κ1) is 17.0. The SMILES string of the molecule is COc1ccccc1[C@H]1CC(c2ccc(Br)cc2)=NN1S(C)(=O)=O. The van der Waals surface area contributed by atoms with Crippen LogP contribution in [0.25, 0.3) is 0 Å². The molecule has 2 aromatic rings. The molecular formula is C17H17BrN2O3S. The van der Waals surface area contributed by atoms with Crippen LogP contribution in [0.1, 0.15) is 23.6 Å². The minimum absolute atomic E-state index is 0.408. The predicted octanol–water partition coefficient (Wildman–Crippen LogP) is 3.57. The second-order valence-corrected chi connectivity index (χ2v) is 8.31. The van der Waals surface area contributed by atoms with E-state index in [0.717, 1.165) is 21.3 Å². The first-order valence-corrected chi connectivity index (χ1v) is 10.00. The molecule has 0 unspecified atom stereocenters. The monoisotopic (exact) mass is 408 g/mol. The van der Waals surface area contributed by atoms with E-state index in [1.165, 1.54) is 10.7 Å². The van der Waals surface area contributed by atoms with Gasteiger partial charge in [0.05, 0.1) is 25.1 Å². The van der Waals surface area contributed by atoms with Crippen molar-refractivity contribution >= 4 is 31.7 Å². The van der Waals surface area contributed by atoms with Crippen molar-refractivity contribution in [1.29, 1.82) is 0 Å². The molecule has 1 aliphatic rings.